The monoisotopic (exact) mass is 428 g/mol. The third kappa shape index (κ3) is 4.30. The van der Waals surface area contributed by atoms with Gasteiger partial charge in [0.05, 0.1) is 31.1 Å². The lowest BCUT2D eigenvalue weighted by molar-refractivity contribution is 0.0599. The van der Waals surface area contributed by atoms with Crippen LogP contribution in [0.1, 0.15) is 68.4 Å². The van der Waals surface area contributed by atoms with Crippen molar-refractivity contribution in [1.29, 1.82) is 0 Å². The van der Waals surface area contributed by atoms with E-state index in [9.17, 15) is 19.6 Å². The molecule has 0 saturated carbocycles. The van der Waals surface area contributed by atoms with Gasteiger partial charge in [0, 0.05) is 23.2 Å². The number of rotatable bonds is 4. The third-order valence-corrected chi connectivity index (χ3v) is 5.15. The van der Waals surface area contributed by atoms with Gasteiger partial charge in [-0.25, -0.2) is 9.59 Å². The van der Waals surface area contributed by atoms with Gasteiger partial charge in [-0.15, -0.1) is 0 Å². The van der Waals surface area contributed by atoms with Gasteiger partial charge < -0.3 is 24.4 Å². The average molecular weight is 428 g/mol. The summed E-state index contributed by atoms with van der Waals surface area (Å²) in [5.41, 5.74) is 1.81. The molecule has 9 heteroatoms. The first kappa shape index (κ1) is 22.1. The number of methoxy groups -OCH3 is 2. The van der Waals surface area contributed by atoms with Crippen LogP contribution in [0.25, 0.3) is 0 Å². The first-order chi connectivity index (χ1) is 14.6. The molecule has 0 spiro atoms. The van der Waals surface area contributed by atoms with Crippen LogP contribution in [0.5, 0.6) is 0 Å². The number of oxime groups is 1. The van der Waals surface area contributed by atoms with Crippen LogP contribution in [0.15, 0.2) is 27.8 Å². The standard InChI is InChI=1S/C22H24N2O7/c1-11-17-15(24-28)9-22(2,3)10-16(17)31-18(11)19(25)23-14-7-12(20(26)29-4)6-13(8-14)21(27)30-5/h6-8,28H,9-10H2,1-5H3,(H,23,25)/b24-15-. The van der Waals surface area contributed by atoms with E-state index in [1.54, 1.807) is 6.92 Å². The molecular formula is C22H24N2O7. The number of hydrogen-bond acceptors (Lipinski definition) is 8. The van der Waals surface area contributed by atoms with Crippen LogP contribution in [0.3, 0.4) is 0 Å². The normalized spacial score (nSPS) is 15.8. The van der Waals surface area contributed by atoms with Crippen LogP contribution in [0, 0.1) is 12.3 Å². The number of amides is 1. The number of furan rings is 1. The molecule has 0 saturated heterocycles. The Morgan fingerprint density at radius 1 is 1.06 bits per heavy atom. The predicted molar refractivity (Wildman–Crippen MR) is 111 cm³/mol. The van der Waals surface area contributed by atoms with Crippen molar-refractivity contribution in [3.8, 4) is 0 Å². The molecular weight excluding hydrogens is 404 g/mol. The maximum atomic E-state index is 13.0. The van der Waals surface area contributed by atoms with E-state index in [1.807, 2.05) is 13.8 Å². The number of fused-ring (bicyclic) bond motifs is 1. The highest BCUT2D eigenvalue weighted by molar-refractivity contribution is 6.10. The van der Waals surface area contributed by atoms with E-state index in [2.05, 4.69) is 10.5 Å². The van der Waals surface area contributed by atoms with E-state index in [1.165, 1.54) is 32.4 Å². The van der Waals surface area contributed by atoms with Gasteiger partial charge in [0.1, 0.15) is 5.76 Å². The Bertz CT molecular complexity index is 1060. The quantitative estimate of drug-likeness (QED) is 0.433. The Balaban J connectivity index is 1.98. The Hall–Kier alpha value is -3.62. The fourth-order valence-electron chi connectivity index (χ4n) is 3.78. The molecule has 0 fully saturated rings. The molecule has 1 amide bonds. The first-order valence-electron chi connectivity index (χ1n) is 9.57. The van der Waals surface area contributed by atoms with Gasteiger partial charge >= 0.3 is 11.9 Å². The van der Waals surface area contributed by atoms with Gasteiger partial charge in [-0.05, 0) is 37.0 Å². The summed E-state index contributed by atoms with van der Waals surface area (Å²) in [6.45, 7) is 5.75. The van der Waals surface area contributed by atoms with Crippen LogP contribution < -0.4 is 5.32 Å². The molecule has 0 unspecified atom stereocenters. The molecule has 2 aromatic rings. The number of carbonyl (C=O) groups excluding carboxylic acids is 3. The van der Waals surface area contributed by atoms with Crippen LogP contribution in [-0.2, 0) is 15.9 Å². The first-order valence-corrected chi connectivity index (χ1v) is 9.57. The highest BCUT2D eigenvalue weighted by Gasteiger charge is 2.36. The zero-order chi connectivity index (χ0) is 22.9. The Kier molecular flexibility index (Phi) is 5.88. The van der Waals surface area contributed by atoms with E-state index in [-0.39, 0.29) is 28.0 Å². The van der Waals surface area contributed by atoms with Crippen LogP contribution in [0.2, 0.25) is 0 Å². The number of anilines is 1. The molecule has 0 aliphatic heterocycles. The highest BCUT2D eigenvalue weighted by Crippen LogP contribution is 2.39. The predicted octanol–water partition coefficient (Wildman–Crippen LogP) is 3.56. The molecule has 1 aliphatic rings. The lowest BCUT2D eigenvalue weighted by atomic mass is 9.75. The minimum atomic E-state index is -0.670. The number of esters is 2. The van der Waals surface area contributed by atoms with Gasteiger partial charge in [0.25, 0.3) is 5.91 Å². The number of nitrogens with one attached hydrogen (secondary N) is 1. The average Bonchev–Trinajstić information content (AvgIpc) is 3.06. The summed E-state index contributed by atoms with van der Waals surface area (Å²) in [6.07, 6.45) is 1.13. The van der Waals surface area contributed by atoms with Gasteiger partial charge in [-0.2, -0.15) is 0 Å². The Labute approximate surface area is 179 Å². The maximum absolute atomic E-state index is 13.0. The third-order valence-electron chi connectivity index (χ3n) is 5.15. The van der Waals surface area contributed by atoms with Crippen molar-refractivity contribution in [2.75, 3.05) is 19.5 Å². The van der Waals surface area contributed by atoms with Crippen molar-refractivity contribution in [3.05, 3.63) is 52.0 Å². The smallest absolute Gasteiger partial charge is 0.337 e. The number of carbonyl (C=O) groups is 3. The molecule has 1 aliphatic carbocycles. The minimum Gasteiger partial charge on any atom is -0.465 e. The molecule has 9 nitrogen and oxygen atoms in total. The Morgan fingerprint density at radius 2 is 1.65 bits per heavy atom. The molecule has 0 bridgehead atoms. The zero-order valence-electron chi connectivity index (χ0n) is 18.0. The van der Waals surface area contributed by atoms with E-state index in [4.69, 9.17) is 13.9 Å². The maximum Gasteiger partial charge on any atom is 0.337 e. The van der Waals surface area contributed by atoms with Crippen LogP contribution in [0.4, 0.5) is 5.69 Å². The van der Waals surface area contributed by atoms with Crippen molar-refractivity contribution < 1.29 is 33.5 Å². The van der Waals surface area contributed by atoms with E-state index < -0.39 is 17.8 Å². The lowest BCUT2D eigenvalue weighted by Gasteiger charge is -2.28. The van der Waals surface area contributed by atoms with Crippen molar-refractivity contribution in [1.82, 2.24) is 0 Å². The van der Waals surface area contributed by atoms with Crippen LogP contribution >= 0.6 is 0 Å². The number of ether oxygens (including phenoxy) is 2. The molecule has 1 heterocycles. The van der Waals surface area contributed by atoms with Gasteiger partial charge in [-0.3, -0.25) is 4.79 Å². The second kappa shape index (κ2) is 8.25. The summed E-state index contributed by atoms with van der Waals surface area (Å²) in [6, 6.07) is 4.09. The molecule has 3 rings (SSSR count). The SMILES string of the molecule is COC(=O)c1cc(NC(=O)c2oc3c(c2C)/C(=N\O)CC(C)(C)C3)cc(C(=O)OC)c1. The molecule has 0 atom stereocenters. The van der Waals surface area contributed by atoms with E-state index in [0.717, 1.165) is 0 Å². The summed E-state index contributed by atoms with van der Waals surface area (Å²) >= 11 is 0. The van der Waals surface area contributed by atoms with Gasteiger partial charge in [0.15, 0.2) is 5.76 Å². The summed E-state index contributed by atoms with van der Waals surface area (Å²) in [5, 5.41) is 15.5. The topological polar surface area (TPSA) is 127 Å². The molecule has 2 N–H and O–H groups in total. The summed E-state index contributed by atoms with van der Waals surface area (Å²) in [5.74, 6) is -1.27. The molecule has 31 heavy (non-hydrogen) atoms. The summed E-state index contributed by atoms with van der Waals surface area (Å²) in [4.78, 5) is 36.9. The summed E-state index contributed by atoms with van der Waals surface area (Å²) in [7, 11) is 2.42. The van der Waals surface area contributed by atoms with E-state index in [0.29, 0.717) is 35.4 Å². The fraction of sp³-hybridized carbons (Fsp3) is 0.364. The number of hydrogen-bond donors (Lipinski definition) is 2. The fourth-order valence-corrected chi connectivity index (χ4v) is 3.78. The lowest BCUT2D eigenvalue weighted by Crippen LogP contribution is -2.27. The second-order valence-corrected chi connectivity index (χ2v) is 8.16. The minimum absolute atomic E-state index is 0.0620. The summed E-state index contributed by atoms with van der Waals surface area (Å²) < 4.78 is 15.3. The zero-order valence-corrected chi connectivity index (χ0v) is 18.0. The molecule has 1 aromatic heterocycles. The van der Waals surface area contributed by atoms with Crippen molar-refractivity contribution in [3.63, 3.8) is 0 Å². The molecule has 0 radical (unpaired) electrons. The molecule has 1 aromatic carbocycles. The number of benzene rings is 1. The van der Waals surface area contributed by atoms with Crippen molar-refractivity contribution in [2.45, 2.75) is 33.6 Å². The van der Waals surface area contributed by atoms with Crippen LogP contribution in [-0.4, -0.2) is 43.0 Å². The van der Waals surface area contributed by atoms with Gasteiger partial charge in [-0.1, -0.05) is 19.0 Å². The largest absolute Gasteiger partial charge is 0.465 e. The van der Waals surface area contributed by atoms with E-state index >= 15 is 0 Å². The van der Waals surface area contributed by atoms with Gasteiger partial charge in [0.2, 0.25) is 0 Å². The second-order valence-electron chi connectivity index (χ2n) is 8.16. The molecule has 164 valence electrons. The highest BCUT2D eigenvalue weighted by atomic mass is 16.5. The van der Waals surface area contributed by atoms with Crippen molar-refractivity contribution >= 4 is 29.2 Å². The van der Waals surface area contributed by atoms with Crippen molar-refractivity contribution in [2.24, 2.45) is 10.6 Å². The Morgan fingerprint density at radius 3 is 2.16 bits per heavy atom. The number of nitrogens with zero attached hydrogens (tertiary/aromatic N) is 1.